The molecule has 1 unspecified atom stereocenters. The molecule has 2 heterocycles. The van der Waals surface area contributed by atoms with Crippen LogP contribution in [-0.2, 0) is 21.5 Å². The van der Waals surface area contributed by atoms with Crippen molar-refractivity contribution in [1.82, 2.24) is 9.97 Å². The zero-order valence-corrected chi connectivity index (χ0v) is 23.5. The molecule has 0 saturated heterocycles. The number of esters is 1. The zero-order chi connectivity index (χ0) is 28.1. The molecule has 0 saturated carbocycles. The van der Waals surface area contributed by atoms with E-state index in [1.54, 1.807) is 35.6 Å². The highest BCUT2D eigenvalue weighted by atomic mass is 32.2. The fourth-order valence-corrected chi connectivity index (χ4v) is 6.00. The van der Waals surface area contributed by atoms with Crippen LogP contribution in [0.5, 0.6) is 0 Å². The lowest BCUT2D eigenvalue weighted by atomic mass is 10.0. The fraction of sp³-hybridized carbons (Fsp3) is 0.107. The first-order valence-corrected chi connectivity index (χ1v) is 15.1. The molecule has 5 rings (SSSR count). The summed E-state index contributed by atoms with van der Waals surface area (Å²) in [4.78, 5) is 21.4. The Labute approximate surface area is 239 Å². The van der Waals surface area contributed by atoms with Gasteiger partial charge in [0.25, 0.3) is 0 Å². The second-order valence-electron chi connectivity index (χ2n) is 8.63. The third-order valence-electron chi connectivity index (χ3n) is 5.85. The molecule has 0 amide bonds. The second kappa shape index (κ2) is 12.0. The molecule has 0 aliphatic rings. The number of carbonyl (C=O) groups excluding carboxylic acids is 1. The van der Waals surface area contributed by atoms with Gasteiger partial charge in [-0.05, 0) is 42.3 Å². The van der Waals surface area contributed by atoms with Crippen LogP contribution in [0.25, 0.3) is 21.8 Å². The molecule has 12 heteroatoms. The van der Waals surface area contributed by atoms with E-state index in [0.29, 0.717) is 17.1 Å². The summed E-state index contributed by atoms with van der Waals surface area (Å²) in [6.45, 7) is 0. The number of carbonyl (C=O) groups is 1. The predicted molar refractivity (Wildman–Crippen MR) is 157 cm³/mol. The third kappa shape index (κ3) is 6.90. The number of benzene rings is 3. The molecule has 0 spiro atoms. The molecule has 0 fully saturated rings. The highest BCUT2D eigenvalue weighted by molar-refractivity contribution is 7.87. The number of rotatable bonds is 10. The summed E-state index contributed by atoms with van der Waals surface area (Å²) < 4.78 is 38.1. The molecular weight excluding hydrogens is 569 g/mol. The number of hydrogen-bond donors (Lipinski definition) is 3. The van der Waals surface area contributed by atoms with Crippen LogP contribution in [-0.4, -0.2) is 36.0 Å². The fourth-order valence-electron chi connectivity index (χ4n) is 3.92. The van der Waals surface area contributed by atoms with E-state index in [9.17, 15) is 13.2 Å². The molecule has 2 aromatic heterocycles. The van der Waals surface area contributed by atoms with Crippen molar-refractivity contribution in [3.05, 3.63) is 106 Å². The number of aromatic nitrogens is 2. The molecular formula is C28H23N4O5S3. The summed E-state index contributed by atoms with van der Waals surface area (Å²) >= 11 is 3.00. The van der Waals surface area contributed by atoms with Gasteiger partial charge >= 0.3 is 16.3 Å². The minimum Gasteiger partial charge on any atom is -0.465 e. The number of anilines is 2. The zero-order valence-electron chi connectivity index (χ0n) is 21.1. The molecule has 0 aliphatic heterocycles. The highest BCUT2D eigenvalue weighted by Gasteiger charge is 2.19. The quantitative estimate of drug-likeness (QED) is 0.131. The summed E-state index contributed by atoms with van der Waals surface area (Å²) in [6.07, 6.45) is 0.493. The highest BCUT2D eigenvalue weighted by Crippen LogP contribution is 2.32. The third-order valence-corrected chi connectivity index (χ3v) is 8.03. The van der Waals surface area contributed by atoms with Crippen LogP contribution in [0.15, 0.2) is 83.6 Å². The minimum atomic E-state index is -4.37. The normalized spacial score (nSPS) is 12.1. The number of nitrogens with one attached hydrogen (secondary N) is 2. The monoisotopic (exact) mass is 591 g/mol. The van der Waals surface area contributed by atoms with Crippen molar-refractivity contribution in [2.45, 2.75) is 12.5 Å². The minimum absolute atomic E-state index is 0.207. The molecule has 3 N–H and O–H groups in total. The predicted octanol–water partition coefficient (Wildman–Crippen LogP) is 6.13. The maximum Gasteiger partial charge on any atom is 0.357 e. The molecule has 5 aromatic rings. The van der Waals surface area contributed by atoms with Gasteiger partial charge in [0.05, 0.1) is 35.8 Å². The molecule has 0 aliphatic carbocycles. The molecule has 0 bridgehead atoms. The molecule has 9 nitrogen and oxygen atoms in total. The van der Waals surface area contributed by atoms with Gasteiger partial charge in [-0.3, -0.25) is 9.27 Å². The molecule has 1 radical (unpaired) electrons. The first-order chi connectivity index (χ1) is 19.3. The first-order valence-electron chi connectivity index (χ1n) is 11.9. The van der Waals surface area contributed by atoms with E-state index in [-0.39, 0.29) is 11.7 Å². The Morgan fingerprint density at radius 2 is 1.77 bits per heavy atom. The van der Waals surface area contributed by atoms with Gasteiger partial charge in [0.1, 0.15) is 5.01 Å². The Balaban J connectivity index is 1.39. The summed E-state index contributed by atoms with van der Waals surface area (Å²) in [5, 5.41) is 9.02. The molecule has 1 atom stereocenters. The van der Waals surface area contributed by atoms with Crippen LogP contribution < -0.4 is 10.0 Å². The summed E-state index contributed by atoms with van der Waals surface area (Å²) in [5.74, 6) is -0.397. The van der Waals surface area contributed by atoms with Gasteiger partial charge in [-0.25, -0.2) is 14.8 Å². The van der Waals surface area contributed by atoms with Crippen LogP contribution >= 0.6 is 22.7 Å². The lowest BCUT2D eigenvalue weighted by Gasteiger charge is -2.17. The van der Waals surface area contributed by atoms with Gasteiger partial charge in [-0.1, -0.05) is 48.5 Å². The van der Waals surface area contributed by atoms with Crippen molar-refractivity contribution < 1.29 is 22.5 Å². The molecule has 203 valence electrons. The Morgan fingerprint density at radius 3 is 2.45 bits per heavy atom. The SMILES string of the molecule is COC(=O)c1ccc(-c2csc(NC(Cc3[c]cc(NS(=O)(=O)O)cc3)c3csc(-c4ccccc4)n3)n2)cc1. The van der Waals surface area contributed by atoms with Gasteiger partial charge in [0.2, 0.25) is 0 Å². The average molecular weight is 592 g/mol. The maximum absolute atomic E-state index is 11.7. The van der Waals surface area contributed by atoms with Gasteiger partial charge < -0.3 is 10.1 Å². The van der Waals surface area contributed by atoms with E-state index in [1.165, 1.54) is 24.5 Å². The Hall–Kier alpha value is -4.10. The van der Waals surface area contributed by atoms with Gasteiger partial charge in [0.15, 0.2) is 5.13 Å². The van der Waals surface area contributed by atoms with Crippen molar-refractivity contribution in [2.75, 3.05) is 17.1 Å². The molecule has 40 heavy (non-hydrogen) atoms. The van der Waals surface area contributed by atoms with Gasteiger partial charge in [-0.15, -0.1) is 22.7 Å². The van der Waals surface area contributed by atoms with Crippen molar-refractivity contribution in [3.63, 3.8) is 0 Å². The Bertz CT molecular complexity index is 1700. The second-order valence-corrected chi connectivity index (χ2v) is 11.5. The van der Waals surface area contributed by atoms with E-state index >= 15 is 0 Å². The standard InChI is InChI=1S/C28H23N4O5S3/c1-37-27(33)21-11-9-19(10-12-21)24-16-39-28(31-24)30-23(15-18-7-13-22(14-8-18)32-40(34,35)36)25-17-38-26(29-25)20-5-3-2-4-6-20/h2-7,9-14,16-17,23,32H,15H2,1H3,(H,30,31)(H,34,35,36). The van der Waals surface area contributed by atoms with Gasteiger partial charge in [0, 0.05) is 21.9 Å². The smallest absolute Gasteiger partial charge is 0.357 e. The number of methoxy groups -OCH3 is 1. The van der Waals surface area contributed by atoms with Crippen LogP contribution in [0.2, 0.25) is 0 Å². The van der Waals surface area contributed by atoms with Crippen LogP contribution in [0.3, 0.4) is 0 Å². The van der Waals surface area contributed by atoms with Crippen molar-refractivity contribution in [2.24, 2.45) is 0 Å². The Kier molecular flexibility index (Phi) is 8.21. The summed E-state index contributed by atoms with van der Waals surface area (Å²) in [6, 6.07) is 24.6. The number of nitrogens with zero attached hydrogens (tertiary/aromatic N) is 2. The molecule has 3 aromatic carbocycles. The van der Waals surface area contributed by atoms with Crippen molar-refractivity contribution >= 4 is 49.8 Å². The average Bonchev–Trinajstić information content (AvgIpc) is 3.64. The van der Waals surface area contributed by atoms with E-state index < -0.39 is 16.3 Å². The van der Waals surface area contributed by atoms with Crippen LogP contribution in [0.1, 0.15) is 27.7 Å². The summed E-state index contributed by atoms with van der Waals surface area (Å²) in [7, 11) is -3.02. The first kappa shape index (κ1) is 27.5. The van der Waals surface area contributed by atoms with Crippen LogP contribution in [0.4, 0.5) is 10.8 Å². The largest absolute Gasteiger partial charge is 0.465 e. The van der Waals surface area contributed by atoms with Crippen molar-refractivity contribution in [1.29, 1.82) is 0 Å². The lowest BCUT2D eigenvalue weighted by Crippen LogP contribution is -2.14. The topological polar surface area (TPSA) is 131 Å². The number of ether oxygens (including phenoxy) is 1. The lowest BCUT2D eigenvalue weighted by molar-refractivity contribution is 0.0600. The van der Waals surface area contributed by atoms with E-state index in [4.69, 9.17) is 19.3 Å². The van der Waals surface area contributed by atoms with Gasteiger partial charge in [-0.2, -0.15) is 8.42 Å². The van der Waals surface area contributed by atoms with E-state index in [2.05, 4.69) is 11.4 Å². The number of thiazole rings is 2. The maximum atomic E-state index is 11.7. The Morgan fingerprint density at radius 1 is 1.00 bits per heavy atom. The van der Waals surface area contributed by atoms with E-state index in [1.807, 2.05) is 57.9 Å². The summed E-state index contributed by atoms with van der Waals surface area (Å²) in [5.41, 5.74) is 4.96. The van der Waals surface area contributed by atoms with E-state index in [0.717, 1.165) is 33.1 Å². The van der Waals surface area contributed by atoms with Crippen LogP contribution in [0, 0.1) is 6.07 Å². The number of hydrogen-bond acceptors (Lipinski definition) is 9. The van der Waals surface area contributed by atoms with Crippen molar-refractivity contribution in [3.8, 4) is 21.8 Å².